The fourth-order valence-electron chi connectivity index (χ4n) is 2.30. The minimum atomic E-state index is -4.82. The van der Waals surface area contributed by atoms with Crippen molar-refractivity contribution in [1.82, 2.24) is 4.72 Å². The molecule has 138 valence electrons. The van der Waals surface area contributed by atoms with Crippen molar-refractivity contribution < 1.29 is 31.1 Å². The van der Waals surface area contributed by atoms with Gasteiger partial charge in [0, 0.05) is 5.69 Å². The second kappa shape index (κ2) is 6.50. The second-order valence-corrected chi connectivity index (χ2v) is 6.94. The van der Waals surface area contributed by atoms with E-state index in [4.69, 9.17) is 0 Å². The first-order chi connectivity index (χ1) is 12.1. The molecule has 0 fully saturated rings. The molecule has 2 aromatic carbocycles. The molecule has 0 bridgehead atoms. The zero-order chi connectivity index (χ0) is 18.9. The van der Waals surface area contributed by atoms with Crippen LogP contribution in [0, 0.1) is 0 Å². The normalized spacial score (nSPS) is 18.3. The first-order valence-corrected chi connectivity index (χ1v) is 8.67. The molecular weight excluding hydrogens is 375 g/mol. The molecule has 1 unspecified atom stereocenters. The Morgan fingerprint density at radius 1 is 1.08 bits per heavy atom. The molecule has 0 aromatic heterocycles. The van der Waals surface area contributed by atoms with Gasteiger partial charge >= 0.3 is 6.36 Å². The number of anilines is 2. The minimum Gasteiger partial charge on any atom is -0.406 e. The lowest BCUT2D eigenvalue weighted by molar-refractivity contribution is -0.274. The van der Waals surface area contributed by atoms with Crippen molar-refractivity contribution in [2.24, 2.45) is 0 Å². The number of nitrogens with one attached hydrogen (secondary N) is 3. The number of hydrogen-bond donors (Lipinski definition) is 3. The van der Waals surface area contributed by atoms with E-state index in [-0.39, 0.29) is 16.3 Å². The van der Waals surface area contributed by atoms with Crippen molar-refractivity contribution in [3.63, 3.8) is 0 Å². The van der Waals surface area contributed by atoms with E-state index >= 15 is 0 Å². The Balaban J connectivity index is 1.71. The molecule has 0 aliphatic carbocycles. The van der Waals surface area contributed by atoms with E-state index < -0.39 is 34.2 Å². The largest absolute Gasteiger partial charge is 0.573 e. The van der Waals surface area contributed by atoms with Gasteiger partial charge in [0.1, 0.15) is 10.6 Å². The number of halogens is 3. The van der Waals surface area contributed by atoms with Crippen molar-refractivity contribution in [3.05, 3.63) is 48.5 Å². The van der Waals surface area contributed by atoms with Crippen molar-refractivity contribution >= 4 is 27.3 Å². The van der Waals surface area contributed by atoms with Gasteiger partial charge in [0.2, 0.25) is 10.0 Å². The summed E-state index contributed by atoms with van der Waals surface area (Å²) in [4.78, 5) is 12.3. The van der Waals surface area contributed by atoms with Crippen molar-refractivity contribution in [1.29, 1.82) is 0 Å². The van der Waals surface area contributed by atoms with Crippen LogP contribution in [0.3, 0.4) is 0 Å². The van der Waals surface area contributed by atoms with Crippen LogP contribution in [0.2, 0.25) is 0 Å². The fraction of sp³-hybridized carbons (Fsp3) is 0.133. The third-order valence-electron chi connectivity index (χ3n) is 3.37. The Morgan fingerprint density at radius 3 is 2.38 bits per heavy atom. The number of hydrogen-bond acceptors (Lipinski definition) is 5. The van der Waals surface area contributed by atoms with Crippen molar-refractivity contribution in [2.45, 2.75) is 17.4 Å². The molecule has 11 heteroatoms. The molecule has 0 spiro atoms. The molecule has 1 atom stereocenters. The average molecular weight is 387 g/mol. The van der Waals surface area contributed by atoms with Gasteiger partial charge in [0.15, 0.2) is 6.17 Å². The third-order valence-corrected chi connectivity index (χ3v) is 4.85. The number of para-hydroxylation sites is 1. The zero-order valence-corrected chi connectivity index (χ0v) is 13.7. The van der Waals surface area contributed by atoms with E-state index in [0.29, 0.717) is 0 Å². The number of carbonyl (C=O) groups is 1. The molecule has 0 saturated carbocycles. The van der Waals surface area contributed by atoms with E-state index in [1.54, 1.807) is 12.1 Å². The molecule has 2 aromatic rings. The van der Waals surface area contributed by atoms with Crippen LogP contribution in [0.5, 0.6) is 5.75 Å². The molecule has 3 N–H and O–H groups in total. The number of benzene rings is 2. The Bertz CT molecular complexity index is 930. The SMILES string of the molecule is O=C(Nc1ccc(OC(F)(F)F)cc1)C1Nc2ccccc2S(=O)(=O)N1. The lowest BCUT2D eigenvalue weighted by Crippen LogP contribution is -2.51. The molecule has 1 aliphatic rings. The van der Waals surface area contributed by atoms with Gasteiger partial charge in [-0.15, -0.1) is 13.2 Å². The van der Waals surface area contributed by atoms with Crippen LogP contribution < -0.4 is 20.1 Å². The Kier molecular flexibility index (Phi) is 4.50. The highest BCUT2D eigenvalue weighted by molar-refractivity contribution is 7.89. The van der Waals surface area contributed by atoms with Gasteiger partial charge in [-0.25, -0.2) is 8.42 Å². The average Bonchev–Trinajstić information content (AvgIpc) is 2.54. The second-order valence-electron chi connectivity index (χ2n) is 5.26. The molecule has 0 radical (unpaired) electrons. The maximum absolute atomic E-state index is 12.3. The Hall–Kier alpha value is -2.79. The number of alkyl halides is 3. The van der Waals surface area contributed by atoms with Gasteiger partial charge in [-0.05, 0) is 36.4 Å². The molecule has 3 rings (SSSR count). The van der Waals surface area contributed by atoms with Gasteiger partial charge in [0.25, 0.3) is 5.91 Å². The van der Waals surface area contributed by atoms with Crippen LogP contribution in [0.25, 0.3) is 0 Å². The summed E-state index contributed by atoms with van der Waals surface area (Å²) in [7, 11) is -3.87. The summed E-state index contributed by atoms with van der Waals surface area (Å²) >= 11 is 0. The predicted molar refractivity (Wildman–Crippen MR) is 85.9 cm³/mol. The van der Waals surface area contributed by atoms with Crippen molar-refractivity contribution in [3.8, 4) is 5.75 Å². The maximum atomic E-state index is 12.3. The van der Waals surface area contributed by atoms with E-state index in [0.717, 1.165) is 12.1 Å². The summed E-state index contributed by atoms with van der Waals surface area (Å²) in [6.07, 6.45) is -6.09. The summed E-state index contributed by atoms with van der Waals surface area (Å²) in [5.74, 6) is -1.17. The van der Waals surface area contributed by atoms with Crippen LogP contribution in [-0.2, 0) is 14.8 Å². The van der Waals surface area contributed by atoms with Crippen LogP contribution in [0.1, 0.15) is 0 Å². The minimum absolute atomic E-state index is 0.0118. The quantitative estimate of drug-likeness (QED) is 0.751. The van der Waals surface area contributed by atoms with Crippen molar-refractivity contribution in [2.75, 3.05) is 10.6 Å². The molecule has 1 heterocycles. The highest BCUT2D eigenvalue weighted by Crippen LogP contribution is 2.26. The highest BCUT2D eigenvalue weighted by atomic mass is 32.2. The van der Waals surface area contributed by atoms with Gasteiger partial charge in [-0.2, -0.15) is 4.72 Å². The van der Waals surface area contributed by atoms with Gasteiger partial charge in [-0.3, -0.25) is 4.79 Å². The summed E-state index contributed by atoms with van der Waals surface area (Å²) in [5.41, 5.74) is 0.435. The van der Waals surface area contributed by atoms with Gasteiger partial charge < -0.3 is 15.4 Å². The third kappa shape index (κ3) is 4.06. The number of rotatable bonds is 3. The monoisotopic (exact) mass is 387 g/mol. The van der Waals surface area contributed by atoms with Crippen LogP contribution in [-0.4, -0.2) is 26.9 Å². The number of fused-ring (bicyclic) bond motifs is 1. The van der Waals surface area contributed by atoms with E-state index in [1.165, 1.54) is 24.3 Å². The summed E-state index contributed by atoms with van der Waals surface area (Å²) in [6.45, 7) is 0. The zero-order valence-electron chi connectivity index (χ0n) is 12.9. The number of ether oxygens (including phenoxy) is 1. The predicted octanol–water partition coefficient (Wildman–Crippen LogP) is 2.25. The first-order valence-electron chi connectivity index (χ1n) is 7.19. The summed E-state index contributed by atoms with van der Waals surface area (Å²) in [6, 6.07) is 10.5. The Morgan fingerprint density at radius 2 is 1.73 bits per heavy atom. The Labute approximate surface area is 146 Å². The molecule has 1 amide bonds. The van der Waals surface area contributed by atoms with Crippen LogP contribution in [0.15, 0.2) is 53.4 Å². The number of sulfonamides is 1. The molecule has 0 saturated heterocycles. The molecule has 26 heavy (non-hydrogen) atoms. The molecule has 7 nitrogen and oxygen atoms in total. The topological polar surface area (TPSA) is 96.5 Å². The standard InChI is InChI=1S/C15H12F3N3O4S/c16-15(17,18)25-10-7-5-9(6-8-10)19-14(22)13-20-11-3-1-2-4-12(11)26(23,24)21-13/h1-8,13,20-21H,(H,19,22). The van der Waals surface area contributed by atoms with E-state index in [2.05, 4.69) is 20.1 Å². The van der Waals surface area contributed by atoms with Crippen LogP contribution >= 0.6 is 0 Å². The van der Waals surface area contributed by atoms with Gasteiger partial charge in [0.05, 0.1) is 5.69 Å². The lowest BCUT2D eigenvalue weighted by Gasteiger charge is -2.27. The maximum Gasteiger partial charge on any atom is 0.573 e. The number of amides is 1. The molecule has 1 aliphatic heterocycles. The van der Waals surface area contributed by atoms with E-state index in [9.17, 15) is 26.4 Å². The van der Waals surface area contributed by atoms with Crippen LogP contribution in [0.4, 0.5) is 24.5 Å². The lowest BCUT2D eigenvalue weighted by atomic mass is 10.2. The molecular formula is C15H12F3N3O4S. The number of carbonyl (C=O) groups excluding carboxylic acids is 1. The van der Waals surface area contributed by atoms with Gasteiger partial charge in [-0.1, -0.05) is 12.1 Å². The van der Waals surface area contributed by atoms with E-state index in [1.807, 2.05) is 0 Å². The summed E-state index contributed by atoms with van der Waals surface area (Å²) < 4.78 is 66.6. The smallest absolute Gasteiger partial charge is 0.406 e. The first kappa shape index (κ1) is 18.0. The highest BCUT2D eigenvalue weighted by Gasteiger charge is 2.33. The fourth-order valence-corrected chi connectivity index (χ4v) is 3.57. The summed E-state index contributed by atoms with van der Waals surface area (Å²) in [5, 5.41) is 5.14.